The van der Waals surface area contributed by atoms with Crippen molar-refractivity contribution in [2.24, 2.45) is 0 Å². The lowest BCUT2D eigenvalue weighted by Gasteiger charge is -2.10. The topological polar surface area (TPSA) is 71.1 Å². The predicted octanol–water partition coefficient (Wildman–Crippen LogP) is 3.34. The van der Waals surface area contributed by atoms with E-state index in [1.54, 1.807) is 6.07 Å². The van der Waals surface area contributed by atoms with Gasteiger partial charge in [-0.15, -0.1) is 0 Å². The second-order valence-corrected chi connectivity index (χ2v) is 4.97. The molecule has 0 aliphatic rings. The van der Waals surface area contributed by atoms with Gasteiger partial charge in [-0.1, -0.05) is 0 Å². The number of halogens is 2. The first-order valence-electron chi connectivity index (χ1n) is 7.42. The van der Waals surface area contributed by atoms with Crippen LogP contribution in [0.15, 0.2) is 42.5 Å². The van der Waals surface area contributed by atoms with Gasteiger partial charge >= 0.3 is 12.6 Å². The van der Waals surface area contributed by atoms with Crippen LogP contribution in [0.1, 0.15) is 20.7 Å². The number of carbonyl (C=O) groups excluding carboxylic acids is 2. The number of methoxy groups -OCH3 is 2. The van der Waals surface area contributed by atoms with Crippen LogP contribution in [0.3, 0.4) is 0 Å². The second kappa shape index (κ2) is 8.80. The Morgan fingerprint density at radius 1 is 0.962 bits per heavy atom. The third-order valence-electron chi connectivity index (χ3n) is 3.36. The Morgan fingerprint density at radius 3 is 2.19 bits per heavy atom. The molecule has 0 radical (unpaired) electrons. The predicted molar refractivity (Wildman–Crippen MR) is 87.2 cm³/mol. The number of alkyl halides is 2. The number of ether oxygens (including phenoxy) is 4. The van der Waals surface area contributed by atoms with Gasteiger partial charge in [0.25, 0.3) is 0 Å². The summed E-state index contributed by atoms with van der Waals surface area (Å²) in [4.78, 5) is 24.2. The maximum absolute atomic E-state index is 12.1. The van der Waals surface area contributed by atoms with Crippen LogP contribution < -0.4 is 14.2 Å². The van der Waals surface area contributed by atoms with Crippen molar-refractivity contribution < 1.29 is 37.3 Å². The largest absolute Gasteiger partial charge is 0.497 e. The summed E-state index contributed by atoms with van der Waals surface area (Å²) in [5.41, 5.74) is 0.336. The van der Waals surface area contributed by atoms with Crippen LogP contribution in [0.25, 0.3) is 0 Å². The van der Waals surface area contributed by atoms with E-state index in [1.807, 2.05) is 0 Å². The Kier molecular flexibility index (Phi) is 6.48. The molecule has 0 spiro atoms. The molecule has 0 atom stereocenters. The fourth-order valence-electron chi connectivity index (χ4n) is 2.08. The fraction of sp³-hybridized carbons (Fsp3) is 0.222. The average Bonchev–Trinajstić information content (AvgIpc) is 2.65. The molecule has 26 heavy (non-hydrogen) atoms. The van der Waals surface area contributed by atoms with E-state index >= 15 is 0 Å². The van der Waals surface area contributed by atoms with E-state index in [9.17, 15) is 18.4 Å². The van der Waals surface area contributed by atoms with Crippen molar-refractivity contribution >= 4 is 11.8 Å². The van der Waals surface area contributed by atoms with E-state index in [0.29, 0.717) is 5.75 Å². The summed E-state index contributed by atoms with van der Waals surface area (Å²) in [6.45, 7) is -3.46. The van der Waals surface area contributed by atoms with E-state index in [4.69, 9.17) is 14.2 Å². The Labute approximate surface area is 148 Å². The molecule has 0 aromatic heterocycles. The van der Waals surface area contributed by atoms with Crippen molar-refractivity contribution in [1.82, 2.24) is 0 Å². The molecule has 0 fully saturated rings. The number of hydrogen-bond acceptors (Lipinski definition) is 6. The first-order valence-corrected chi connectivity index (χ1v) is 7.42. The number of rotatable bonds is 8. The number of Topliss-reactive ketones (excluding diaryl/α,β-unsaturated/α-hetero) is 1. The van der Waals surface area contributed by atoms with Crippen molar-refractivity contribution in [2.75, 3.05) is 20.8 Å². The van der Waals surface area contributed by atoms with Crippen LogP contribution in [0.4, 0.5) is 8.78 Å². The number of esters is 1. The Balaban J connectivity index is 1.99. The fourth-order valence-corrected chi connectivity index (χ4v) is 2.08. The van der Waals surface area contributed by atoms with Crippen LogP contribution in [-0.2, 0) is 4.74 Å². The van der Waals surface area contributed by atoms with Crippen molar-refractivity contribution in [2.45, 2.75) is 6.61 Å². The summed E-state index contributed by atoms with van der Waals surface area (Å²) in [6, 6.07) is 9.61. The van der Waals surface area contributed by atoms with Gasteiger partial charge < -0.3 is 18.9 Å². The zero-order valence-electron chi connectivity index (χ0n) is 14.0. The van der Waals surface area contributed by atoms with Gasteiger partial charge in [0.05, 0.1) is 14.2 Å². The smallest absolute Gasteiger partial charge is 0.387 e. The molecule has 2 aromatic rings. The molecule has 0 aliphatic heterocycles. The average molecular weight is 366 g/mol. The molecule has 6 nitrogen and oxygen atoms in total. The molecule has 2 rings (SSSR count). The number of carbonyl (C=O) groups is 2. The number of ketones is 1. The first kappa shape index (κ1) is 19.2. The molecular formula is C18H16F2O6. The van der Waals surface area contributed by atoms with Crippen LogP contribution in [0.5, 0.6) is 17.2 Å². The van der Waals surface area contributed by atoms with Gasteiger partial charge in [-0.2, -0.15) is 8.78 Å². The summed E-state index contributed by atoms with van der Waals surface area (Å²) >= 11 is 0. The quantitative estimate of drug-likeness (QED) is 0.527. The summed E-state index contributed by atoms with van der Waals surface area (Å²) < 4.78 is 43.5. The summed E-state index contributed by atoms with van der Waals surface area (Å²) in [5.74, 6) is -0.558. The molecular weight excluding hydrogens is 350 g/mol. The maximum Gasteiger partial charge on any atom is 0.387 e. The highest BCUT2D eigenvalue weighted by molar-refractivity contribution is 6.00. The van der Waals surface area contributed by atoms with Gasteiger partial charge in [-0.05, 0) is 36.4 Å². The van der Waals surface area contributed by atoms with Gasteiger partial charge in [0.1, 0.15) is 22.8 Å². The minimum atomic E-state index is -2.95. The van der Waals surface area contributed by atoms with E-state index in [1.165, 1.54) is 50.6 Å². The van der Waals surface area contributed by atoms with Crippen LogP contribution in [-0.4, -0.2) is 39.2 Å². The SMILES string of the molecule is COc1ccc(C(=O)OCC(=O)c2ccc(OC(F)F)cc2)c(OC)c1. The summed E-state index contributed by atoms with van der Waals surface area (Å²) in [5, 5.41) is 0. The van der Waals surface area contributed by atoms with Crippen molar-refractivity contribution in [3.63, 3.8) is 0 Å². The highest BCUT2D eigenvalue weighted by atomic mass is 19.3. The molecule has 0 saturated heterocycles. The Bertz CT molecular complexity index is 774. The standard InChI is InChI=1S/C18H16F2O6/c1-23-13-7-8-14(16(9-13)24-2)17(22)25-10-15(21)11-3-5-12(6-4-11)26-18(19)20/h3-9,18H,10H2,1-2H3. The molecule has 0 amide bonds. The summed E-state index contributed by atoms with van der Waals surface area (Å²) in [7, 11) is 2.86. The van der Waals surface area contributed by atoms with E-state index in [-0.39, 0.29) is 22.6 Å². The molecule has 2 aromatic carbocycles. The number of hydrogen-bond donors (Lipinski definition) is 0. The zero-order valence-corrected chi connectivity index (χ0v) is 14.0. The third kappa shape index (κ3) is 4.92. The highest BCUT2D eigenvalue weighted by Gasteiger charge is 2.17. The van der Waals surface area contributed by atoms with E-state index in [2.05, 4.69) is 4.74 Å². The molecule has 8 heteroatoms. The van der Waals surface area contributed by atoms with Gasteiger partial charge in [0, 0.05) is 11.6 Å². The monoisotopic (exact) mass is 366 g/mol. The molecule has 0 aliphatic carbocycles. The lowest BCUT2D eigenvalue weighted by atomic mass is 10.1. The minimum Gasteiger partial charge on any atom is -0.497 e. The first-order chi connectivity index (χ1) is 12.4. The van der Waals surface area contributed by atoms with Crippen molar-refractivity contribution in [1.29, 1.82) is 0 Å². The minimum absolute atomic E-state index is 0.0727. The third-order valence-corrected chi connectivity index (χ3v) is 3.36. The van der Waals surface area contributed by atoms with Crippen LogP contribution >= 0.6 is 0 Å². The molecule has 138 valence electrons. The van der Waals surface area contributed by atoms with Gasteiger partial charge in [0.15, 0.2) is 12.4 Å². The number of benzene rings is 2. The molecule has 0 N–H and O–H groups in total. The normalized spacial score (nSPS) is 10.3. The van der Waals surface area contributed by atoms with E-state index < -0.39 is 25.0 Å². The maximum atomic E-state index is 12.1. The van der Waals surface area contributed by atoms with Crippen molar-refractivity contribution in [3.05, 3.63) is 53.6 Å². The molecule has 0 saturated carbocycles. The van der Waals surface area contributed by atoms with Crippen molar-refractivity contribution in [3.8, 4) is 17.2 Å². The molecule has 0 unspecified atom stereocenters. The molecule has 0 bridgehead atoms. The lowest BCUT2D eigenvalue weighted by Crippen LogP contribution is -2.15. The van der Waals surface area contributed by atoms with Crippen LogP contribution in [0.2, 0.25) is 0 Å². The summed E-state index contributed by atoms with van der Waals surface area (Å²) in [6.07, 6.45) is 0. The highest BCUT2D eigenvalue weighted by Crippen LogP contribution is 2.25. The van der Waals surface area contributed by atoms with E-state index in [0.717, 1.165) is 0 Å². The second-order valence-electron chi connectivity index (χ2n) is 4.97. The Morgan fingerprint density at radius 2 is 1.62 bits per heavy atom. The Hall–Kier alpha value is -3.16. The van der Waals surface area contributed by atoms with Gasteiger partial charge in [-0.3, -0.25) is 4.79 Å². The van der Waals surface area contributed by atoms with Crippen LogP contribution in [0, 0.1) is 0 Å². The lowest BCUT2D eigenvalue weighted by molar-refractivity contribution is -0.0498. The van der Waals surface area contributed by atoms with Gasteiger partial charge in [0.2, 0.25) is 0 Å². The zero-order chi connectivity index (χ0) is 19.1. The molecule has 0 heterocycles. The van der Waals surface area contributed by atoms with Gasteiger partial charge in [-0.25, -0.2) is 4.79 Å².